The van der Waals surface area contributed by atoms with E-state index in [4.69, 9.17) is 11.6 Å². The Kier molecular flexibility index (Phi) is 5.25. The third-order valence-corrected chi connectivity index (χ3v) is 6.38. The molecule has 2 aliphatic heterocycles. The average Bonchev–Trinajstić information content (AvgIpc) is 3.26. The molecule has 0 aromatic heterocycles. The van der Waals surface area contributed by atoms with Crippen LogP contribution in [-0.2, 0) is 12.4 Å². The third-order valence-electron chi connectivity index (χ3n) is 5.97. The van der Waals surface area contributed by atoms with Crippen LogP contribution in [0.15, 0.2) is 42.5 Å². The molecular weight excluding hydrogens is 446 g/mol. The SMILES string of the molecule is O=C(NC(c1cccc(C(F)(F)F)c1)C12CC(CN1)C2)c1cccc(C(F)(F)F)c1Cl. The van der Waals surface area contributed by atoms with Gasteiger partial charge in [-0.05, 0) is 55.1 Å². The zero-order valence-corrected chi connectivity index (χ0v) is 16.6. The molecule has 1 saturated carbocycles. The zero-order chi connectivity index (χ0) is 22.6. The van der Waals surface area contributed by atoms with E-state index < -0.39 is 51.6 Å². The van der Waals surface area contributed by atoms with Crippen LogP contribution in [0.2, 0.25) is 5.02 Å². The summed E-state index contributed by atoms with van der Waals surface area (Å²) in [7, 11) is 0. The topological polar surface area (TPSA) is 41.1 Å². The molecule has 2 saturated heterocycles. The van der Waals surface area contributed by atoms with Crippen molar-refractivity contribution in [2.24, 2.45) is 5.92 Å². The second-order valence-electron chi connectivity index (χ2n) is 8.01. The highest BCUT2D eigenvalue weighted by atomic mass is 35.5. The number of alkyl halides is 6. The molecule has 0 spiro atoms. The largest absolute Gasteiger partial charge is 0.417 e. The van der Waals surface area contributed by atoms with Gasteiger partial charge in [-0.3, -0.25) is 4.79 Å². The molecule has 10 heteroatoms. The van der Waals surface area contributed by atoms with E-state index in [1.807, 2.05) is 0 Å². The van der Waals surface area contributed by atoms with Gasteiger partial charge >= 0.3 is 12.4 Å². The van der Waals surface area contributed by atoms with E-state index in [2.05, 4.69) is 10.6 Å². The molecule has 3 nitrogen and oxygen atoms in total. The van der Waals surface area contributed by atoms with E-state index in [1.165, 1.54) is 12.1 Å². The summed E-state index contributed by atoms with van der Waals surface area (Å²) >= 11 is 5.86. The van der Waals surface area contributed by atoms with Gasteiger partial charge in [-0.25, -0.2) is 0 Å². The number of amides is 1. The Hall–Kier alpha value is -2.26. The van der Waals surface area contributed by atoms with Crippen molar-refractivity contribution in [3.05, 3.63) is 69.7 Å². The van der Waals surface area contributed by atoms with Crippen molar-refractivity contribution in [2.75, 3.05) is 6.54 Å². The van der Waals surface area contributed by atoms with Gasteiger partial charge < -0.3 is 10.6 Å². The molecule has 1 amide bonds. The Bertz CT molecular complexity index is 1010. The van der Waals surface area contributed by atoms with Gasteiger partial charge in [0.1, 0.15) is 0 Å². The van der Waals surface area contributed by atoms with Crippen molar-refractivity contribution < 1.29 is 31.1 Å². The number of carbonyl (C=O) groups is 1. The Labute approximate surface area is 178 Å². The molecule has 2 heterocycles. The fraction of sp³-hybridized carbons (Fsp3) is 0.381. The van der Waals surface area contributed by atoms with E-state index in [-0.39, 0.29) is 5.56 Å². The number of carbonyl (C=O) groups excluding carboxylic acids is 1. The van der Waals surface area contributed by atoms with Gasteiger partial charge in [0.15, 0.2) is 0 Å². The summed E-state index contributed by atoms with van der Waals surface area (Å²) in [4.78, 5) is 12.9. The summed E-state index contributed by atoms with van der Waals surface area (Å²) < 4.78 is 79.1. The van der Waals surface area contributed by atoms with Crippen LogP contribution in [0.3, 0.4) is 0 Å². The lowest BCUT2D eigenvalue weighted by Gasteiger charge is -2.44. The molecule has 31 heavy (non-hydrogen) atoms. The van der Waals surface area contributed by atoms with Crippen LogP contribution in [0, 0.1) is 5.92 Å². The third kappa shape index (κ3) is 4.01. The number of benzene rings is 2. The van der Waals surface area contributed by atoms with Gasteiger partial charge in [0.25, 0.3) is 5.91 Å². The van der Waals surface area contributed by atoms with Crippen molar-refractivity contribution >= 4 is 17.5 Å². The highest BCUT2D eigenvalue weighted by molar-refractivity contribution is 6.34. The summed E-state index contributed by atoms with van der Waals surface area (Å²) in [5, 5.41) is 5.16. The highest BCUT2D eigenvalue weighted by Crippen LogP contribution is 2.51. The lowest BCUT2D eigenvalue weighted by Crippen LogP contribution is -2.54. The van der Waals surface area contributed by atoms with Crippen molar-refractivity contribution in [3.8, 4) is 0 Å². The number of nitrogens with one attached hydrogen (secondary N) is 2. The lowest BCUT2D eigenvalue weighted by atomic mass is 9.67. The van der Waals surface area contributed by atoms with Crippen LogP contribution in [0.4, 0.5) is 26.3 Å². The molecule has 2 bridgehead atoms. The summed E-state index contributed by atoms with van der Waals surface area (Å²) in [5.41, 5.74) is -2.85. The maximum absolute atomic E-state index is 13.2. The van der Waals surface area contributed by atoms with E-state index in [1.54, 1.807) is 0 Å². The van der Waals surface area contributed by atoms with E-state index >= 15 is 0 Å². The van der Waals surface area contributed by atoms with Gasteiger partial charge in [0, 0.05) is 5.54 Å². The molecule has 1 atom stereocenters. The zero-order valence-electron chi connectivity index (χ0n) is 15.9. The van der Waals surface area contributed by atoms with Gasteiger partial charge in [0.2, 0.25) is 0 Å². The first-order valence-corrected chi connectivity index (χ1v) is 9.87. The number of hydrogen-bond acceptors (Lipinski definition) is 2. The van der Waals surface area contributed by atoms with Crippen LogP contribution in [0.1, 0.15) is 45.9 Å². The Morgan fingerprint density at radius 1 is 1.06 bits per heavy atom. The minimum Gasteiger partial charge on any atom is -0.343 e. The number of rotatable bonds is 4. The summed E-state index contributed by atoms with van der Waals surface area (Å²) in [6.07, 6.45) is -8.03. The van der Waals surface area contributed by atoms with Gasteiger partial charge in [0.05, 0.1) is 27.8 Å². The Morgan fingerprint density at radius 2 is 1.74 bits per heavy atom. The molecule has 166 valence electrons. The molecule has 1 unspecified atom stereocenters. The van der Waals surface area contributed by atoms with Crippen molar-refractivity contribution in [3.63, 3.8) is 0 Å². The quantitative estimate of drug-likeness (QED) is 0.581. The smallest absolute Gasteiger partial charge is 0.343 e. The molecule has 3 aliphatic rings. The fourth-order valence-electron chi connectivity index (χ4n) is 4.51. The summed E-state index contributed by atoms with van der Waals surface area (Å²) in [6, 6.07) is 6.71. The molecule has 5 rings (SSSR count). The first-order chi connectivity index (χ1) is 14.4. The summed E-state index contributed by atoms with van der Waals surface area (Å²) in [6.45, 7) is 0.662. The predicted molar refractivity (Wildman–Crippen MR) is 102 cm³/mol. The molecule has 3 fully saturated rings. The predicted octanol–water partition coefficient (Wildman–Crippen LogP) is 5.60. The Morgan fingerprint density at radius 3 is 2.32 bits per heavy atom. The van der Waals surface area contributed by atoms with Gasteiger partial charge in [-0.15, -0.1) is 0 Å². The second kappa shape index (κ2) is 7.41. The fourth-order valence-corrected chi connectivity index (χ4v) is 4.83. The standard InChI is InChI=1S/C21H17ClF6N2O/c22-16-14(5-2-6-15(16)21(26,27)28)18(31)30-17(19-8-11(9-19)10-29-19)12-3-1-4-13(7-12)20(23,24)25/h1-7,11,17,29H,8-10H2,(H,30,31). The maximum atomic E-state index is 13.2. The highest BCUT2D eigenvalue weighted by Gasteiger charge is 2.55. The second-order valence-corrected chi connectivity index (χ2v) is 8.38. The van der Waals surface area contributed by atoms with Crippen molar-refractivity contribution in [1.82, 2.24) is 10.6 Å². The van der Waals surface area contributed by atoms with Crippen LogP contribution in [0.5, 0.6) is 0 Å². The van der Waals surface area contributed by atoms with E-state index in [0.29, 0.717) is 25.3 Å². The number of halogens is 7. The van der Waals surface area contributed by atoms with E-state index in [0.717, 1.165) is 30.3 Å². The first kappa shape index (κ1) is 22.0. The molecular formula is C21H17ClF6N2O. The minimum absolute atomic E-state index is 0.221. The number of fused-ring (bicyclic) bond motifs is 1. The molecule has 1 aliphatic carbocycles. The van der Waals surface area contributed by atoms with Crippen LogP contribution < -0.4 is 10.6 Å². The first-order valence-electron chi connectivity index (χ1n) is 9.49. The molecule has 2 N–H and O–H groups in total. The van der Waals surface area contributed by atoms with Crippen molar-refractivity contribution in [2.45, 2.75) is 36.8 Å². The monoisotopic (exact) mass is 462 g/mol. The average molecular weight is 463 g/mol. The van der Waals surface area contributed by atoms with Crippen LogP contribution >= 0.6 is 11.6 Å². The maximum Gasteiger partial charge on any atom is 0.417 e. The van der Waals surface area contributed by atoms with Crippen molar-refractivity contribution in [1.29, 1.82) is 0 Å². The van der Waals surface area contributed by atoms with Gasteiger partial charge in [-0.1, -0.05) is 29.8 Å². The number of hydrogen-bond donors (Lipinski definition) is 2. The minimum atomic E-state index is -4.75. The summed E-state index contributed by atoms with van der Waals surface area (Å²) in [5.74, 6) is -0.535. The van der Waals surface area contributed by atoms with E-state index in [9.17, 15) is 31.1 Å². The van der Waals surface area contributed by atoms with Gasteiger partial charge in [-0.2, -0.15) is 26.3 Å². The molecule has 2 aromatic rings. The Balaban J connectivity index is 1.70. The normalized spacial score (nSPS) is 23.9. The molecule has 2 aromatic carbocycles. The molecule has 0 radical (unpaired) electrons. The van der Waals surface area contributed by atoms with Crippen LogP contribution in [-0.4, -0.2) is 18.0 Å². The lowest BCUT2D eigenvalue weighted by molar-refractivity contribution is -0.138. The van der Waals surface area contributed by atoms with Crippen LogP contribution in [0.25, 0.3) is 0 Å².